The number of nitrogens with two attached hydrogens (primary N) is 1. The van der Waals surface area contributed by atoms with Gasteiger partial charge in [0, 0.05) is 23.2 Å². The molecular weight excluding hydrogens is 240 g/mol. The second-order valence-electron chi connectivity index (χ2n) is 5.63. The summed E-state index contributed by atoms with van der Waals surface area (Å²) >= 11 is 0. The highest BCUT2D eigenvalue weighted by molar-refractivity contribution is 5.92. The van der Waals surface area contributed by atoms with Crippen LogP contribution in [-0.2, 0) is 4.79 Å². The molecule has 2 atom stereocenters. The first-order chi connectivity index (χ1) is 8.89. The number of aliphatic hydroxyl groups is 1. The molecule has 0 bridgehead atoms. The van der Waals surface area contributed by atoms with Gasteiger partial charge >= 0.3 is 0 Å². The number of hydrogen-bond acceptors (Lipinski definition) is 3. The van der Waals surface area contributed by atoms with Gasteiger partial charge in [0.15, 0.2) is 0 Å². The monoisotopic (exact) mass is 260 g/mol. The molecular formula is C15H20N2O2. The van der Waals surface area contributed by atoms with Crippen LogP contribution in [0.25, 0.3) is 6.08 Å². The van der Waals surface area contributed by atoms with Gasteiger partial charge in [-0.2, -0.15) is 0 Å². The summed E-state index contributed by atoms with van der Waals surface area (Å²) in [4.78, 5) is 11.8. The van der Waals surface area contributed by atoms with Crippen LogP contribution in [-0.4, -0.2) is 23.2 Å². The first-order valence-corrected chi connectivity index (χ1v) is 6.42. The van der Waals surface area contributed by atoms with Gasteiger partial charge in [0.05, 0.1) is 6.10 Å². The second kappa shape index (κ2) is 5.05. The molecule has 0 spiro atoms. The lowest BCUT2D eigenvalue weighted by Crippen LogP contribution is -2.60. The highest BCUT2D eigenvalue weighted by Gasteiger charge is 2.47. The smallest absolute Gasteiger partial charge is 0.244 e. The van der Waals surface area contributed by atoms with Gasteiger partial charge in [0.2, 0.25) is 5.91 Å². The predicted molar refractivity (Wildman–Crippen MR) is 76.2 cm³/mol. The summed E-state index contributed by atoms with van der Waals surface area (Å²) in [6.07, 6.45) is 3.54. The van der Waals surface area contributed by atoms with E-state index in [1.54, 1.807) is 18.2 Å². The van der Waals surface area contributed by atoms with Gasteiger partial charge in [-0.3, -0.25) is 4.79 Å². The molecule has 0 saturated heterocycles. The van der Waals surface area contributed by atoms with Crippen LogP contribution in [0.2, 0.25) is 0 Å². The van der Waals surface area contributed by atoms with Gasteiger partial charge in [0.1, 0.15) is 0 Å². The quantitative estimate of drug-likeness (QED) is 0.570. The first-order valence-electron chi connectivity index (χ1n) is 6.42. The fourth-order valence-corrected chi connectivity index (χ4v) is 2.15. The van der Waals surface area contributed by atoms with Crippen molar-refractivity contribution in [2.75, 3.05) is 5.73 Å². The zero-order chi connectivity index (χ0) is 14.0. The van der Waals surface area contributed by atoms with Crippen molar-refractivity contribution < 1.29 is 9.90 Å². The minimum atomic E-state index is -0.334. The Morgan fingerprint density at radius 3 is 2.58 bits per heavy atom. The summed E-state index contributed by atoms with van der Waals surface area (Å²) in [6, 6.07) is 7.34. The topological polar surface area (TPSA) is 75.3 Å². The highest BCUT2D eigenvalue weighted by atomic mass is 16.3. The van der Waals surface area contributed by atoms with Crippen molar-refractivity contribution in [3.05, 3.63) is 35.9 Å². The molecule has 19 heavy (non-hydrogen) atoms. The van der Waals surface area contributed by atoms with Crippen LogP contribution in [0.4, 0.5) is 5.69 Å². The Hall–Kier alpha value is -1.81. The number of hydrogen-bond donors (Lipinski definition) is 3. The third kappa shape index (κ3) is 2.96. The van der Waals surface area contributed by atoms with E-state index in [0.717, 1.165) is 5.56 Å². The van der Waals surface area contributed by atoms with Crippen LogP contribution < -0.4 is 11.1 Å². The average Bonchev–Trinajstić information content (AvgIpc) is 2.38. The zero-order valence-corrected chi connectivity index (χ0v) is 11.3. The Morgan fingerprint density at radius 2 is 2.05 bits per heavy atom. The van der Waals surface area contributed by atoms with Crippen LogP contribution in [0.3, 0.4) is 0 Å². The van der Waals surface area contributed by atoms with E-state index in [9.17, 15) is 9.90 Å². The fourth-order valence-electron chi connectivity index (χ4n) is 2.15. The number of nitrogen functional groups attached to an aromatic ring is 1. The molecule has 0 aromatic heterocycles. The van der Waals surface area contributed by atoms with E-state index in [0.29, 0.717) is 12.1 Å². The lowest BCUT2D eigenvalue weighted by molar-refractivity contribution is -0.124. The third-order valence-electron chi connectivity index (χ3n) is 3.90. The largest absolute Gasteiger partial charge is 0.399 e. The second-order valence-corrected chi connectivity index (χ2v) is 5.63. The molecule has 1 saturated carbocycles. The lowest BCUT2D eigenvalue weighted by atomic mass is 9.64. The maximum Gasteiger partial charge on any atom is 0.244 e. The van der Waals surface area contributed by atoms with Crippen molar-refractivity contribution in [3.8, 4) is 0 Å². The molecule has 4 heteroatoms. The van der Waals surface area contributed by atoms with Crippen LogP contribution in [0, 0.1) is 5.41 Å². The number of aliphatic hydroxyl groups excluding tert-OH is 1. The van der Waals surface area contributed by atoms with Crippen molar-refractivity contribution in [2.24, 2.45) is 5.41 Å². The molecule has 0 aliphatic heterocycles. The molecule has 1 fully saturated rings. The van der Waals surface area contributed by atoms with E-state index in [4.69, 9.17) is 5.73 Å². The van der Waals surface area contributed by atoms with Crippen LogP contribution in [0.5, 0.6) is 0 Å². The van der Waals surface area contributed by atoms with Crippen molar-refractivity contribution in [1.29, 1.82) is 0 Å². The molecule has 102 valence electrons. The van der Waals surface area contributed by atoms with Crippen molar-refractivity contribution >= 4 is 17.7 Å². The van der Waals surface area contributed by atoms with Crippen molar-refractivity contribution in [3.63, 3.8) is 0 Å². The molecule has 2 unspecified atom stereocenters. The molecule has 1 amide bonds. The van der Waals surface area contributed by atoms with Crippen LogP contribution in [0.1, 0.15) is 25.8 Å². The standard InChI is InChI=1S/C15H20N2O2/c1-15(2)12(9-13(15)18)17-14(19)8-5-10-3-6-11(16)7-4-10/h3-8,12-13,18H,9,16H2,1-2H3,(H,17,19)/b8-5+. The normalized spacial score (nSPS) is 25.0. The maximum atomic E-state index is 11.8. The van der Waals surface area contributed by atoms with Crippen molar-refractivity contribution in [1.82, 2.24) is 5.32 Å². The Morgan fingerprint density at radius 1 is 1.42 bits per heavy atom. The first kappa shape index (κ1) is 13.6. The lowest BCUT2D eigenvalue weighted by Gasteiger charge is -2.49. The molecule has 2 rings (SSSR count). The summed E-state index contributed by atoms with van der Waals surface area (Å²) in [6.45, 7) is 3.91. The zero-order valence-electron chi connectivity index (χ0n) is 11.3. The minimum absolute atomic E-state index is 0.0334. The predicted octanol–water partition coefficient (Wildman–Crippen LogP) is 1.56. The molecule has 0 heterocycles. The van der Waals surface area contributed by atoms with E-state index in [1.807, 2.05) is 26.0 Å². The summed E-state index contributed by atoms with van der Waals surface area (Å²) in [5.41, 5.74) is 6.97. The van der Waals surface area contributed by atoms with E-state index < -0.39 is 0 Å². The van der Waals surface area contributed by atoms with Crippen molar-refractivity contribution in [2.45, 2.75) is 32.4 Å². The summed E-state index contributed by atoms with van der Waals surface area (Å²) < 4.78 is 0. The third-order valence-corrected chi connectivity index (χ3v) is 3.90. The molecule has 1 aromatic carbocycles. The van der Waals surface area contributed by atoms with Crippen LogP contribution >= 0.6 is 0 Å². The molecule has 0 radical (unpaired) electrons. The van der Waals surface area contributed by atoms with Gasteiger partial charge < -0.3 is 16.2 Å². The number of amides is 1. The van der Waals surface area contributed by atoms with Gasteiger partial charge in [-0.05, 0) is 30.2 Å². The van der Waals surface area contributed by atoms with Gasteiger partial charge in [-0.25, -0.2) is 0 Å². The summed E-state index contributed by atoms with van der Waals surface area (Å²) in [7, 11) is 0. The number of carbonyl (C=O) groups is 1. The molecule has 4 N–H and O–H groups in total. The Kier molecular flexibility index (Phi) is 3.62. The van der Waals surface area contributed by atoms with Crippen LogP contribution in [0.15, 0.2) is 30.3 Å². The highest BCUT2D eigenvalue weighted by Crippen LogP contribution is 2.40. The molecule has 4 nitrogen and oxygen atoms in total. The molecule has 1 aromatic rings. The number of nitrogens with one attached hydrogen (secondary N) is 1. The minimum Gasteiger partial charge on any atom is -0.399 e. The van der Waals surface area contributed by atoms with E-state index in [2.05, 4.69) is 5.32 Å². The molecule has 1 aliphatic carbocycles. The van der Waals surface area contributed by atoms with E-state index in [1.165, 1.54) is 6.08 Å². The average molecular weight is 260 g/mol. The molecule has 1 aliphatic rings. The SMILES string of the molecule is CC1(C)C(O)CC1NC(=O)/C=C/c1ccc(N)cc1. The van der Waals surface area contributed by atoms with E-state index in [-0.39, 0.29) is 23.5 Å². The number of anilines is 1. The number of rotatable bonds is 3. The van der Waals surface area contributed by atoms with Gasteiger partial charge in [-0.1, -0.05) is 26.0 Å². The Balaban J connectivity index is 1.90. The van der Waals surface area contributed by atoms with Gasteiger partial charge in [0.25, 0.3) is 0 Å². The summed E-state index contributed by atoms with van der Waals surface area (Å²) in [5.74, 6) is -0.137. The van der Waals surface area contributed by atoms with Gasteiger partial charge in [-0.15, -0.1) is 0 Å². The number of benzene rings is 1. The fraction of sp³-hybridized carbons (Fsp3) is 0.400. The Bertz CT molecular complexity index is 491. The Labute approximate surface area is 113 Å². The maximum absolute atomic E-state index is 11.8. The van der Waals surface area contributed by atoms with E-state index >= 15 is 0 Å². The number of carbonyl (C=O) groups excluding carboxylic acids is 1. The summed E-state index contributed by atoms with van der Waals surface area (Å²) in [5, 5.41) is 12.5.